The van der Waals surface area contributed by atoms with Crippen molar-refractivity contribution in [2.24, 2.45) is 5.92 Å². The van der Waals surface area contributed by atoms with E-state index in [0.717, 1.165) is 24.9 Å². The zero-order chi connectivity index (χ0) is 23.2. The molecule has 1 N–H and O–H groups in total. The Morgan fingerprint density at radius 1 is 1.18 bits per heavy atom. The standard InChI is InChI=1S/C25H28N4O4/c1-3-32-25(31)20-12-7-13-21(17(20)2)26-24(30)19-11-8-14-29(15-19)16-22-27-23(28-33-22)18-9-5-4-6-10-18/h4-7,9-10,12-13,19H,3,8,11,14-16H2,1-2H3,(H,26,30). The predicted molar refractivity (Wildman–Crippen MR) is 124 cm³/mol. The van der Waals surface area contributed by atoms with E-state index < -0.39 is 0 Å². The third-order valence-corrected chi connectivity index (χ3v) is 5.82. The lowest BCUT2D eigenvalue weighted by molar-refractivity contribution is -0.121. The SMILES string of the molecule is CCOC(=O)c1cccc(NC(=O)C2CCCN(Cc3nc(-c4ccccc4)no3)C2)c1C. The minimum absolute atomic E-state index is 0.0562. The first-order valence-electron chi connectivity index (χ1n) is 11.2. The highest BCUT2D eigenvalue weighted by Crippen LogP contribution is 2.24. The number of esters is 1. The van der Waals surface area contributed by atoms with Gasteiger partial charge in [0.2, 0.25) is 17.6 Å². The molecule has 8 nitrogen and oxygen atoms in total. The zero-order valence-electron chi connectivity index (χ0n) is 18.9. The Kier molecular flexibility index (Phi) is 7.14. The molecule has 1 aliphatic rings. The zero-order valence-corrected chi connectivity index (χ0v) is 18.9. The Labute approximate surface area is 192 Å². The van der Waals surface area contributed by atoms with Gasteiger partial charge in [0, 0.05) is 17.8 Å². The summed E-state index contributed by atoms with van der Waals surface area (Å²) >= 11 is 0. The number of ether oxygens (including phenoxy) is 1. The molecule has 8 heteroatoms. The van der Waals surface area contributed by atoms with Gasteiger partial charge in [-0.25, -0.2) is 4.79 Å². The quantitative estimate of drug-likeness (QED) is 0.544. The number of likely N-dealkylation sites (tertiary alicyclic amines) is 1. The Morgan fingerprint density at radius 3 is 2.79 bits per heavy atom. The van der Waals surface area contributed by atoms with Crippen molar-refractivity contribution >= 4 is 17.6 Å². The molecule has 33 heavy (non-hydrogen) atoms. The number of amides is 1. The van der Waals surface area contributed by atoms with Gasteiger partial charge in [0.25, 0.3) is 0 Å². The van der Waals surface area contributed by atoms with Crippen molar-refractivity contribution in [2.75, 3.05) is 25.0 Å². The molecule has 1 fully saturated rings. The largest absolute Gasteiger partial charge is 0.462 e. The number of rotatable bonds is 7. The van der Waals surface area contributed by atoms with Crippen LogP contribution in [0.1, 0.15) is 41.6 Å². The van der Waals surface area contributed by atoms with Gasteiger partial charge >= 0.3 is 5.97 Å². The number of anilines is 1. The number of carbonyl (C=O) groups is 2. The Hall–Kier alpha value is -3.52. The minimum Gasteiger partial charge on any atom is -0.462 e. The third kappa shape index (κ3) is 5.46. The van der Waals surface area contributed by atoms with Crippen molar-refractivity contribution in [1.82, 2.24) is 15.0 Å². The van der Waals surface area contributed by atoms with Gasteiger partial charge in [-0.2, -0.15) is 4.98 Å². The molecule has 1 atom stereocenters. The Balaban J connectivity index is 1.38. The first kappa shape index (κ1) is 22.7. The number of hydrogen-bond acceptors (Lipinski definition) is 7. The maximum Gasteiger partial charge on any atom is 0.338 e. The summed E-state index contributed by atoms with van der Waals surface area (Å²) in [6.07, 6.45) is 1.71. The summed E-state index contributed by atoms with van der Waals surface area (Å²) in [7, 11) is 0. The van der Waals surface area contributed by atoms with Gasteiger partial charge in [0.15, 0.2) is 0 Å². The molecule has 0 saturated carbocycles. The molecule has 1 aromatic heterocycles. The van der Waals surface area contributed by atoms with Crippen LogP contribution < -0.4 is 5.32 Å². The molecular weight excluding hydrogens is 420 g/mol. The van der Waals surface area contributed by atoms with E-state index in [9.17, 15) is 9.59 Å². The molecule has 172 valence electrons. The topological polar surface area (TPSA) is 97.6 Å². The normalized spacial score (nSPS) is 16.4. The fourth-order valence-corrected chi connectivity index (χ4v) is 4.06. The summed E-state index contributed by atoms with van der Waals surface area (Å²) in [5, 5.41) is 7.08. The van der Waals surface area contributed by atoms with E-state index in [2.05, 4.69) is 20.4 Å². The van der Waals surface area contributed by atoms with Crippen LogP contribution in [0.5, 0.6) is 0 Å². The predicted octanol–water partition coefficient (Wildman–Crippen LogP) is 4.07. The van der Waals surface area contributed by atoms with Crippen LogP contribution in [-0.2, 0) is 16.1 Å². The Bertz CT molecular complexity index is 1110. The molecule has 0 aliphatic carbocycles. The number of carbonyl (C=O) groups excluding carboxylic acids is 2. The minimum atomic E-state index is -0.385. The Morgan fingerprint density at radius 2 is 2.00 bits per heavy atom. The van der Waals surface area contributed by atoms with Crippen LogP contribution in [0.2, 0.25) is 0 Å². The van der Waals surface area contributed by atoms with Crippen LogP contribution in [0, 0.1) is 12.8 Å². The molecule has 1 unspecified atom stereocenters. The average Bonchev–Trinajstić information content (AvgIpc) is 3.30. The van der Waals surface area contributed by atoms with Gasteiger partial charge in [-0.05, 0) is 50.9 Å². The molecule has 3 aromatic rings. The van der Waals surface area contributed by atoms with Gasteiger partial charge in [-0.15, -0.1) is 0 Å². The molecule has 4 rings (SSSR count). The maximum atomic E-state index is 13.0. The van der Waals surface area contributed by atoms with Crippen molar-refractivity contribution in [2.45, 2.75) is 33.2 Å². The summed E-state index contributed by atoms with van der Waals surface area (Å²) in [6, 6.07) is 15.0. The van der Waals surface area contributed by atoms with E-state index in [1.165, 1.54) is 0 Å². The van der Waals surface area contributed by atoms with Crippen molar-refractivity contribution in [3.63, 3.8) is 0 Å². The van der Waals surface area contributed by atoms with Crippen LogP contribution in [-0.4, -0.2) is 46.6 Å². The van der Waals surface area contributed by atoms with Gasteiger partial charge in [-0.3, -0.25) is 9.69 Å². The molecule has 2 heterocycles. The van der Waals surface area contributed by atoms with E-state index in [1.54, 1.807) is 25.1 Å². The van der Waals surface area contributed by atoms with E-state index in [4.69, 9.17) is 9.26 Å². The smallest absolute Gasteiger partial charge is 0.338 e. The van der Waals surface area contributed by atoms with Crippen molar-refractivity contribution in [1.29, 1.82) is 0 Å². The second-order valence-corrected chi connectivity index (χ2v) is 8.14. The highest BCUT2D eigenvalue weighted by atomic mass is 16.5. The highest BCUT2D eigenvalue weighted by Gasteiger charge is 2.27. The maximum absolute atomic E-state index is 13.0. The number of nitrogens with one attached hydrogen (secondary N) is 1. The lowest BCUT2D eigenvalue weighted by Crippen LogP contribution is -2.40. The van der Waals surface area contributed by atoms with Crippen molar-refractivity contribution in [3.05, 3.63) is 65.5 Å². The molecular formula is C25H28N4O4. The summed E-state index contributed by atoms with van der Waals surface area (Å²) in [4.78, 5) is 31.8. The van der Waals surface area contributed by atoms with Crippen molar-refractivity contribution in [3.8, 4) is 11.4 Å². The fraction of sp³-hybridized carbons (Fsp3) is 0.360. The van der Waals surface area contributed by atoms with Gasteiger partial charge < -0.3 is 14.6 Å². The molecule has 1 amide bonds. The summed E-state index contributed by atoms with van der Waals surface area (Å²) in [5.41, 5.74) is 2.71. The lowest BCUT2D eigenvalue weighted by atomic mass is 9.96. The monoisotopic (exact) mass is 448 g/mol. The van der Waals surface area contributed by atoms with Gasteiger partial charge in [0.05, 0.1) is 24.6 Å². The van der Waals surface area contributed by atoms with Gasteiger partial charge in [-0.1, -0.05) is 41.6 Å². The van der Waals surface area contributed by atoms with Crippen molar-refractivity contribution < 1.29 is 18.8 Å². The van der Waals surface area contributed by atoms with E-state index >= 15 is 0 Å². The first-order chi connectivity index (χ1) is 16.0. The lowest BCUT2D eigenvalue weighted by Gasteiger charge is -2.31. The van der Waals surface area contributed by atoms with Crippen LogP contribution in [0.4, 0.5) is 5.69 Å². The number of aromatic nitrogens is 2. The summed E-state index contributed by atoms with van der Waals surface area (Å²) in [5.74, 6) is 0.492. The summed E-state index contributed by atoms with van der Waals surface area (Å²) in [6.45, 7) is 5.86. The second-order valence-electron chi connectivity index (χ2n) is 8.14. The third-order valence-electron chi connectivity index (χ3n) is 5.82. The number of nitrogens with zero attached hydrogens (tertiary/aromatic N) is 3. The van der Waals surface area contributed by atoms with Crippen LogP contribution >= 0.6 is 0 Å². The second kappa shape index (κ2) is 10.4. The number of piperidine rings is 1. The van der Waals surface area contributed by atoms with E-state index in [-0.39, 0.29) is 17.8 Å². The average molecular weight is 449 g/mol. The molecule has 1 saturated heterocycles. The molecule has 1 aliphatic heterocycles. The molecule has 2 aromatic carbocycles. The molecule has 0 bridgehead atoms. The van der Waals surface area contributed by atoms with E-state index in [0.29, 0.717) is 48.2 Å². The first-order valence-corrected chi connectivity index (χ1v) is 11.2. The number of benzene rings is 2. The van der Waals surface area contributed by atoms with Crippen LogP contribution in [0.25, 0.3) is 11.4 Å². The van der Waals surface area contributed by atoms with Crippen LogP contribution in [0.3, 0.4) is 0 Å². The van der Waals surface area contributed by atoms with Crippen LogP contribution in [0.15, 0.2) is 53.1 Å². The van der Waals surface area contributed by atoms with Gasteiger partial charge in [0.1, 0.15) is 0 Å². The molecule has 0 spiro atoms. The fourth-order valence-electron chi connectivity index (χ4n) is 4.06. The van der Waals surface area contributed by atoms with E-state index in [1.807, 2.05) is 37.3 Å². The number of hydrogen-bond donors (Lipinski definition) is 1. The highest BCUT2D eigenvalue weighted by molar-refractivity contribution is 5.97. The summed E-state index contributed by atoms with van der Waals surface area (Å²) < 4.78 is 10.5. The molecule has 0 radical (unpaired) electrons.